The molecule has 110 valence electrons. The maximum absolute atomic E-state index is 11.8. The molecule has 8 nitrogen and oxygen atoms in total. The number of nitrogens with zero attached hydrogens (tertiary/aromatic N) is 2. The van der Waals surface area contributed by atoms with Crippen molar-refractivity contribution < 1.29 is 24.1 Å². The highest BCUT2D eigenvalue weighted by atomic mass is 16.6. The van der Waals surface area contributed by atoms with Crippen molar-refractivity contribution in [1.82, 2.24) is 9.55 Å². The normalized spacial score (nSPS) is 26.1. The van der Waals surface area contributed by atoms with Crippen LogP contribution in [0.2, 0.25) is 0 Å². The zero-order valence-electron chi connectivity index (χ0n) is 11.2. The van der Waals surface area contributed by atoms with Crippen molar-refractivity contribution in [1.29, 1.82) is 0 Å². The molecule has 0 aromatic carbocycles. The Labute approximate surface area is 114 Å². The third kappa shape index (κ3) is 2.97. The van der Waals surface area contributed by atoms with Gasteiger partial charge in [-0.2, -0.15) is 4.98 Å². The van der Waals surface area contributed by atoms with Gasteiger partial charge in [-0.25, -0.2) is 4.79 Å². The van der Waals surface area contributed by atoms with E-state index in [1.807, 2.05) is 0 Å². The third-order valence-electron chi connectivity index (χ3n) is 2.97. The van der Waals surface area contributed by atoms with E-state index in [0.29, 0.717) is 6.42 Å². The van der Waals surface area contributed by atoms with Gasteiger partial charge in [-0.1, -0.05) is 0 Å². The molecular weight excluding hydrogens is 268 g/mol. The molecule has 1 saturated heterocycles. The summed E-state index contributed by atoms with van der Waals surface area (Å²) in [6.07, 6.45) is -1.01. The average Bonchev–Trinajstić information content (AvgIpc) is 2.41. The number of methoxy groups -OCH3 is 1. The quantitative estimate of drug-likeness (QED) is 0.744. The number of rotatable bonds is 3. The van der Waals surface area contributed by atoms with Crippen LogP contribution in [-0.2, 0) is 14.3 Å². The number of hydrogen-bond acceptors (Lipinski definition) is 7. The number of ether oxygens (including phenoxy) is 3. The Bertz CT molecular complexity index is 543. The topological polar surface area (TPSA) is 99.9 Å². The summed E-state index contributed by atoms with van der Waals surface area (Å²) in [5.41, 5.74) is -0.614. The van der Waals surface area contributed by atoms with E-state index in [2.05, 4.69) is 4.98 Å². The summed E-state index contributed by atoms with van der Waals surface area (Å²) in [6.45, 7) is 1.52. The lowest BCUT2D eigenvalue weighted by molar-refractivity contribution is -0.190. The van der Waals surface area contributed by atoms with E-state index in [1.54, 1.807) is 0 Å². The molecule has 1 aromatic rings. The van der Waals surface area contributed by atoms with Crippen LogP contribution in [0.3, 0.4) is 0 Å². The molecule has 1 fully saturated rings. The largest absolute Gasteiger partial charge is 0.481 e. The van der Waals surface area contributed by atoms with E-state index in [0.717, 1.165) is 4.57 Å². The minimum absolute atomic E-state index is 0.174. The maximum atomic E-state index is 11.8. The predicted octanol–water partition coefficient (Wildman–Crippen LogP) is -0.537. The first kappa shape index (κ1) is 14.5. The first-order chi connectivity index (χ1) is 9.52. The fourth-order valence-corrected chi connectivity index (χ4v) is 2.05. The summed E-state index contributed by atoms with van der Waals surface area (Å²) in [4.78, 5) is 26.5. The lowest BCUT2D eigenvalue weighted by Crippen LogP contribution is -2.46. The van der Waals surface area contributed by atoms with Crippen LogP contribution in [0.15, 0.2) is 17.1 Å². The van der Waals surface area contributed by atoms with Gasteiger partial charge in [0, 0.05) is 25.6 Å². The lowest BCUT2D eigenvalue weighted by atomic mass is 10.1. The summed E-state index contributed by atoms with van der Waals surface area (Å²) in [6, 6.07) is 1.48. The predicted molar refractivity (Wildman–Crippen MR) is 66.2 cm³/mol. The molecule has 0 radical (unpaired) electrons. The maximum Gasteiger partial charge on any atom is 0.353 e. The van der Waals surface area contributed by atoms with Gasteiger partial charge in [-0.05, 0) is 0 Å². The molecule has 1 N–H and O–H groups in total. The second-order valence-electron chi connectivity index (χ2n) is 4.35. The van der Waals surface area contributed by atoms with Crippen LogP contribution in [0.1, 0.15) is 19.6 Å². The van der Waals surface area contributed by atoms with Crippen LogP contribution in [0, 0.1) is 0 Å². The van der Waals surface area contributed by atoms with Gasteiger partial charge >= 0.3 is 11.7 Å². The average molecular weight is 284 g/mol. The first-order valence-corrected chi connectivity index (χ1v) is 6.13. The first-order valence-electron chi connectivity index (χ1n) is 6.13. The van der Waals surface area contributed by atoms with Crippen LogP contribution in [0.25, 0.3) is 0 Å². The lowest BCUT2D eigenvalue weighted by Gasteiger charge is -2.34. The number of hydrogen-bond donors (Lipinski definition) is 1. The molecule has 0 spiro atoms. The highest BCUT2D eigenvalue weighted by Crippen LogP contribution is 2.24. The molecule has 0 aliphatic carbocycles. The van der Waals surface area contributed by atoms with Crippen molar-refractivity contribution in [3.63, 3.8) is 0 Å². The summed E-state index contributed by atoms with van der Waals surface area (Å²) in [7, 11) is 1.40. The van der Waals surface area contributed by atoms with E-state index in [1.165, 1.54) is 26.3 Å². The summed E-state index contributed by atoms with van der Waals surface area (Å²) < 4.78 is 16.4. The minimum Gasteiger partial charge on any atom is -0.481 e. The molecule has 1 aromatic heterocycles. The van der Waals surface area contributed by atoms with E-state index in [4.69, 9.17) is 14.2 Å². The van der Waals surface area contributed by atoms with Crippen LogP contribution in [-0.4, -0.2) is 46.6 Å². The van der Waals surface area contributed by atoms with Crippen LogP contribution < -0.4 is 10.4 Å². The van der Waals surface area contributed by atoms with Crippen molar-refractivity contribution in [3.8, 4) is 5.88 Å². The van der Waals surface area contributed by atoms with E-state index < -0.39 is 30.1 Å². The number of esters is 1. The van der Waals surface area contributed by atoms with Crippen LogP contribution in [0.5, 0.6) is 5.88 Å². The van der Waals surface area contributed by atoms with Crippen molar-refractivity contribution in [3.05, 3.63) is 22.7 Å². The molecule has 1 aliphatic heterocycles. The van der Waals surface area contributed by atoms with Gasteiger partial charge in [0.2, 0.25) is 5.88 Å². The summed E-state index contributed by atoms with van der Waals surface area (Å²) >= 11 is 0. The smallest absolute Gasteiger partial charge is 0.353 e. The van der Waals surface area contributed by atoms with Gasteiger partial charge in [0.25, 0.3) is 0 Å². The molecule has 2 heterocycles. The molecule has 0 saturated carbocycles. The molecule has 1 aliphatic rings. The fraction of sp³-hybridized carbons (Fsp3) is 0.583. The Hall–Kier alpha value is -1.93. The Balaban J connectivity index is 2.23. The monoisotopic (exact) mass is 284 g/mol. The van der Waals surface area contributed by atoms with Crippen molar-refractivity contribution >= 4 is 5.97 Å². The number of aromatic nitrogens is 2. The second kappa shape index (κ2) is 6.02. The Morgan fingerprint density at radius 2 is 2.35 bits per heavy atom. The van der Waals surface area contributed by atoms with E-state index in [-0.39, 0.29) is 12.5 Å². The highest BCUT2D eigenvalue weighted by Gasteiger charge is 2.36. The molecule has 8 heteroatoms. The fourth-order valence-electron chi connectivity index (χ4n) is 2.05. The number of aliphatic hydroxyl groups is 1. The van der Waals surface area contributed by atoms with Crippen LogP contribution in [0.4, 0.5) is 0 Å². The van der Waals surface area contributed by atoms with Crippen LogP contribution >= 0.6 is 0 Å². The Morgan fingerprint density at radius 1 is 1.60 bits per heavy atom. The number of carbonyl (C=O) groups is 1. The zero-order chi connectivity index (χ0) is 14.7. The summed E-state index contributed by atoms with van der Waals surface area (Å²) in [5.74, 6) is -0.317. The highest BCUT2D eigenvalue weighted by molar-refractivity contribution is 5.66. The van der Waals surface area contributed by atoms with Gasteiger partial charge < -0.3 is 19.3 Å². The number of aliphatic hydroxyl groups excluding tert-OH is 1. The SMILES string of the molecule is COc1ccn(C2OCCC(OC(C)=O)C2O)c(=O)n1. The zero-order valence-corrected chi connectivity index (χ0v) is 11.2. The molecular formula is C12H16N2O6. The van der Waals surface area contributed by atoms with Gasteiger partial charge in [0.05, 0.1) is 13.7 Å². The molecule has 2 rings (SSSR count). The van der Waals surface area contributed by atoms with Gasteiger partial charge in [-0.15, -0.1) is 0 Å². The second-order valence-corrected chi connectivity index (χ2v) is 4.35. The summed E-state index contributed by atoms with van der Waals surface area (Å²) in [5, 5.41) is 10.2. The van der Waals surface area contributed by atoms with E-state index >= 15 is 0 Å². The molecule has 20 heavy (non-hydrogen) atoms. The third-order valence-corrected chi connectivity index (χ3v) is 2.97. The van der Waals surface area contributed by atoms with Gasteiger partial charge in [0.1, 0.15) is 12.2 Å². The standard InChI is InChI=1S/C12H16N2O6/c1-7(15)20-8-4-6-19-11(10(8)16)14-5-3-9(18-2)13-12(14)17/h3,5,8,10-11,16H,4,6H2,1-2H3. The van der Waals surface area contributed by atoms with Gasteiger partial charge in [-0.3, -0.25) is 9.36 Å². The van der Waals surface area contributed by atoms with Crippen molar-refractivity contribution in [2.45, 2.75) is 31.8 Å². The molecule has 3 unspecified atom stereocenters. The van der Waals surface area contributed by atoms with Crippen molar-refractivity contribution in [2.24, 2.45) is 0 Å². The van der Waals surface area contributed by atoms with Crippen molar-refractivity contribution in [2.75, 3.05) is 13.7 Å². The molecule has 3 atom stereocenters. The van der Waals surface area contributed by atoms with Gasteiger partial charge in [0.15, 0.2) is 6.23 Å². The Morgan fingerprint density at radius 3 is 2.95 bits per heavy atom. The Kier molecular flexibility index (Phi) is 4.35. The molecule has 0 amide bonds. The molecule has 0 bridgehead atoms. The minimum atomic E-state index is -1.14. The van der Waals surface area contributed by atoms with E-state index in [9.17, 15) is 14.7 Å². The number of carbonyl (C=O) groups excluding carboxylic acids is 1.